The Bertz CT molecular complexity index is 426. The molecule has 0 spiro atoms. The molecule has 0 aliphatic heterocycles. The van der Waals surface area contributed by atoms with E-state index in [1.807, 2.05) is 0 Å². The smallest absolute Gasteiger partial charge is 0.357 e. The summed E-state index contributed by atoms with van der Waals surface area (Å²) >= 11 is -2.36. The van der Waals surface area contributed by atoms with Crippen molar-refractivity contribution in [1.82, 2.24) is 0 Å². The van der Waals surface area contributed by atoms with Gasteiger partial charge in [0.25, 0.3) is 0 Å². The number of nitrogen functional groups attached to an aromatic ring is 1. The van der Waals surface area contributed by atoms with E-state index in [0.717, 1.165) is 12.8 Å². The van der Waals surface area contributed by atoms with E-state index in [9.17, 15) is 4.21 Å². The van der Waals surface area contributed by atoms with Crippen LogP contribution >= 0.6 is 0 Å². The van der Waals surface area contributed by atoms with E-state index in [1.165, 1.54) is 31.7 Å². The molecule has 5 nitrogen and oxygen atoms in total. The third-order valence-corrected chi connectivity index (χ3v) is 3.17. The van der Waals surface area contributed by atoms with Gasteiger partial charge in [-0.2, -0.15) is 4.21 Å². The van der Waals surface area contributed by atoms with Gasteiger partial charge in [-0.3, -0.25) is 4.55 Å². The van der Waals surface area contributed by atoms with Gasteiger partial charge in [-0.15, -0.1) is 0 Å². The molecule has 1 atom stereocenters. The average Bonchev–Trinajstić information content (AvgIpc) is 2.36. The summed E-state index contributed by atoms with van der Waals surface area (Å²) in [6.07, 6.45) is 7.16. The Morgan fingerprint density at radius 2 is 1.75 bits per heavy atom. The van der Waals surface area contributed by atoms with Gasteiger partial charge in [-0.05, 0) is 6.42 Å². The molecule has 0 radical (unpaired) electrons. The third-order valence-electron chi connectivity index (χ3n) is 2.84. The van der Waals surface area contributed by atoms with E-state index in [-0.39, 0.29) is 5.75 Å². The Balaban J connectivity index is 2.32. The lowest BCUT2D eigenvalue weighted by Gasteiger charge is -2.09. The minimum Gasteiger partial charge on any atom is -0.493 e. The molecule has 1 unspecified atom stereocenters. The van der Waals surface area contributed by atoms with Gasteiger partial charge < -0.3 is 14.7 Å². The van der Waals surface area contributed by atoms with Gasteiger partial charge in [0.15, 0.2) is 0 Å². The summed E-state index contributed by atoms with van der Waals surface area (Å²) < 4.78 is 29.5. The van der Waals surface area contributed by atoms with Crippen LogP contribution in [0.3, 0.4) is 0 Å². The zero-order chi connectivity index (χ0) is 14.8. The topological polar surface area (TPSA) is 81.8 Å². The second kappa shape index (κ2) is 9.61. The van der Waals surface area contributed by atoms with Gasteiger partial charge in [0, 0.05) is 23.9 Å². The summed E-state index contributed by atoms with van der Waals surface area (Å²) in [5.74, 6) is 0.780. The third kappa shape index (κ3) is 7.35. The van der Waals surface area contributed by atoms with Crippen LogP contribution in [-0.4, -0.2) is 15.4 Å². The average molecular weight is 301 g/mol. The number of benzene rings is 1. The van der Waals surface area contributed by atoms with Crippen molar-refractivity contribution in [2.24, 2.45) is 0 Å². The monoisotopic (exact) mass is 301 g/mol. The second-order valence-corrected chi connectivity index (χ2v) is 5.26. The maximum Gasteiger partial charge on any atom is 0.357 e. The van der Waals surface area contributed by atoms with Crippen molar-refractivity contribution in [1.29, 1.82) is 0 Å². The molecule has 114 valence electrons. The van der Waals surface area contributed by atoms with Gasteiger partial charge in [-0.25, -0.2) is 0 Å². The van der Waals surface area contributed by atoms with Crippen molar-refractivity contribution in [2.45, 2.75) is 45.4 Å². The number of hydrogen-bond acceptors (Lipinski definition) is 4. The number of ether oxygens (including phenoxy) is 1. The quantitative estimate of drug-likeness (QED) is 0.392. The number of unbranched alkanes of at least 4 members (excludes halogenated alkanes) is 5. The van der Waals surface area contributed by atoms with Gasteiger partial charge in [0.05, 0.1) is 6.61 Å². The van der Waals surface area contributed by atoms with E-state index >= 15 is 0 Å². The standard InChI is InChI=1S/C14H23NO4S/c1-2-3-4-5-6-7-8-18-13-9-12(15)10-14(11-13)19-20(16)17/h9-11H,2-8,15H2,1H3,(H,16,17). The molecular formula is C14H23NO4S. The van der Waals surface area contributed by atoms with Crippen LogP contribution in [0.4, 0.5) is 5.69 Å². The molecule has 0 aliphatic rings. The molecule has 0 saturated heterocycles. The summed E-state index contributed by atoms with van der Waals surface area (Å²) in [5, 5.41) is 0. The number of hydrogen-bond donors (Lipinski definition) is 2. The molecule has 0 amide bonds. The van der Waals surface area contributed by atoms with Gasteiger partial charge >= 0.3 is 11.4 Å². The lowest BCUT2D eigenvalue weighted by molar-refractivity contribution is 0.303. The van der Waals surface area contributed by atoms with Crippen LogP contribution in [0.1, 0.15) is 45.4 Å². The Kier molecular flexibility index (Phi) is 8.06. The van der Waals surface area contributed by atoms with Crippen LogP contribution in [-0.2, 0) is 11.4 Å². The summed E-state index contributed by atoms with van der Waals surface area (Å²) in [5.41, 5.74) is 6.12. The largest absolute Gasteiger partial charge is 0.493 e. The number of nitrogens with two attached hydrogens (primary N) is 1. The van der Waals surface area contributed by atoms with Gasteiger partial charge in [-0.1, -0.05) is 39.0 Å². The first-order valence-electron chi connectivity index (χ1n) is 6.94. The van der Waals surface area contributed by atoms with Crippen molar-refractivity contribution >= 4 is 17.0 Å². The molecule has 0 aromatic heterocycles. The van der Waals surface area contributed by atoms with Crippen molar-refractivity contribution in [2.75, 3.05) is 12.3 Å². The van der Waals surface area contributed by atoms with Crippen LogP contribution in [0.15, 0.2) is 18.2 Å². The lowest BCUT2D eigenvalue weighted by atomic mass is 10.1. The van der Waals surface area contributed by atoms with Crippen LogP contribution in [0.2, 0.25) is 0 Å². The second-order valence-electron chi connectivity index (χ2n) is 4.65. The highest BCUT2D eigenvalue weighted by Gasteiger charge is 2.04. The van der Waals surface area contributed by atoms with Crippen LogP contribution in [0.25, 0.3) is 0 Å². The van der Waals surface area contributed by atoms with E-state index in [1.54, 1.807) is 12.1 Å². The molecule has 0 saturated carbocycles. The molecule has 0 fully saturated rings. The maximum atomic E-state index is 10.6. The number of anilines is 1. The molecule has 20 heavy (non-hydrogen) atoms. The summed E-state index contributed by atoms with van der Waals surface area (Å²) in [6, 6.07) is 4.71. The maximum absolute atomic E-state index is 10.6. The summed E-state index contributed by atoms with van der Waals surface area (Å²) in [4.78, 5) is 0. The fourth-order valence-electron chi connectivity index (χ4n) is 1.88. The molecule has 3 N–H and O–H groups in total. The highest BCUT2D eigenvalue weighted by molar-refractivity contribution is 7.74. The van der Waals surface area contributed by atoms with Crippen LogP contribution in [0, 0.1) is 0 Å². The fourth-order valence-corrected chi connectivity index (χ4v) is 2.14. The van der Waals surface area contributed by atoms with E-state index in [4.69, 9.17) is 15.0 Å². The van der Waals surface area contributed by atoms with Gasteiger partial charge in [0.1, 0.15) is 11.5 Å². The molecule has 1 aromatic carbocycles. The summed E-state index contributed by atoms with van der Waals surface area (Å²) in [6.45, 7) is 2.80. The van der Waals surface area contributed by atoms with Crippen molar-refractivity contribution in [3.63, 3.8) is 0 Å². The van der Waals surface area contributed by atoms with E-state index < -0.39 is 11.4 Å². The molecule has 1 rings (SSSR count). The zero-order valence-corrected chi connectivity index (χ0v) is 12.7. The van der Waals surface area contributed by atoms with E-state index in [2.05, 4.69) is 11.1 Å². The predicted molar refractivity (Wildman–Crippen MR) is 81.1 cm³/mol. The molecule has 0 aliphatic carbocycles. The minimum absolute atomic E-state index is 0.226. The van der Waals surface area contributed by atoms with E-state index in [0.29, 0.717) is 18.0 Å². The Labute approximate surface area is 123 Å². The van der Waals surface area contributed by atoms with Crippen molar-refractivity contribution in [3.8, 4) is 11.5 Å². The highest BCUT2D eigenvalue weighted by atomic mass is 32.2. The first kappa shape index (κ1) is 16.8. The van der Waals surface area contributed by atoms with Gasteiger partial charge in [0.2, 0.25) is 0 Å². The van der Waals surface area contributed by atoms with Crippen molar-refractivity contribution < 1.29 is 17.7 Å². The van der Waals surface area contributed by atoms with Crippen LogP contribution in [0.5, 0.6) is 11.5 Å². The molecule has 0 heterocycles. The van der Waals surface area contributed by atoms with Crippen LogP contribution < -0.4 is 14.7 Å². The van der Waals surface area contributed by atoms with Crippen molar-refractivity contribution in [3.05, 3.63) is 18.2 Å². The highest BCUT2D eigenvalue weighted by Crippen LogP contribution is 2.25. The molecular weight excluding hydrogens is 278 g/mol. The minimum atomic E-state index is -2.36. The number of rotatable bonds is 10. The fraction of sp³-hybridized carbons (Fsp3) is 0.571. The lowest BCUT2D eigenvalue weighted by Crippen LogP contribution is -2.01. The molecule has 0 bridgehead atoms. The predicted octanol–water partition coefficient (Wildman–Crippen LogP) is 3.52. The first-order chi connectivity index (χ1) is 9.61. The molecule has 1 aromatic rings. The Hall–Kier alpha value is -1.27. The zero-order valence-electron chi connectivity index (χ0n) is 11.8. The normalized spacial score (nSPS) is 12.1. The first-order valence-corrected chi connectivity index (χ1v) is 7.97. The Morgan fingerprint density at radius 1 is 1.10 bits per heavy atom. The molecule has 6 heteroatoms. The summed E-state index contributed by atoms with van der Waals surface area (Å²) in [7, 11) is 0. The Morgan fingerprint density at radius 3 is 2.45 bits per heavy atom. The SMILES string of the molecule is CCCCCCCCOc1cc(N)cc(OS(=O)O)c1.